The van der Waals surface area contributed by atoms with Crippen LogP contribution in [0.5, 0.6) is 0 Å². The molecule has 4 nitrogen and oxygen atoms in total. The van der Waals surface area contributed by atoms with Crippen LogP contribution in [0.1, 0.15) is 19.3 Å². The first kappa shape index (κ1) is 10.2. The number of imidazole rings is 1. The van der Waals surface area contributed by atoms with Gasteiger partial charge < -0.3 is 10.6 Å². The first-order chi connectivity index (χ1) is 8.67. The van der Waals surface area contributed by atoms with E-state index in [2.05, 4.69) is 9.88 Å². The number of halogens is 1. The van der Waals surface area contributed by atoms with E-state index in [0.717, 1.165) is 18.8 Å². The minimum atomic E-state index is -0.363. The van der Waals surface area contributed by atoms with E-state index >= 15 is 0 Å². The van der Waals surface area contributed by atoms with E-state index in [-0.39, 0.29) is 5.95 Å². The van der Waals surface area contributed by atoms with Gasteiger partial charge in [-0.15, -0.1) is 0 Å². The highest BCUT2D eigenvalue weighted by atomic mass is 19.1. The lowest BCUT2D eigenvalue weighted by Crippen LogP contribution is -2.60. The van der Waals surface area contributed by atoms with Gasteiger partial charge in [-0.2, -0.15) is 4.39 Å². The van der Waals surface area contributed by atoms with Gasteiger partial charge in [0.05, 0.1) is 17.6 Å². The summed E-state index contributed by atoms with van der Waals surface area (Å²) in [4.78, 5) is 6.41. The summed E-state index contributed by atoms with van der Waals surface area (Å²) in [7, 11) is 0. The SMILES string of the molecule is Nc1cc(N2CC3(CCC3)C2)c2ncc(F)n2c1. The number of pyridine rings is 1. The Morgan fingerprint density at radius 2 is 2.11 bits per heavy atom. The summed E-state index contributed by atoms with van der Waals surface area (Å²) in [5.41, 5.74) is 8.57. The fourth-order valence-corrected chi connectivity index (χ4v) is 3.22. The number of anilines is 2. The molecule has 1 aliphatic heterocycles. The minimum Gasteiger partial charge on any atom is -0.397 e. The van der Waals surface area contributed by atoms with Crippen molar-refractivity contribution in [2.24, 2.45) is 5.41 Å². The molecule has 5 heteroatoms. The number of nitrogen functional groups attached to an aromatic ring is 1. The molecule has 0 radical (unpaired) electrons. The first-order valence-electron chi connectivity index (χ1n) is 6.34. The fraction of sp³-hybridized carbons (Fsp3) is 0.462. The zero-order valence-corrected chi connectivity index (χ0v) is 10.1. The van der Waals surface area contributed by atoms with Gasteiger partial charge in [-0.05, 0) is 18.9 Å². The summed E-state index contributed by atoms with van der Waals surface area (Å²) in [5.74, 6) is -0.363. The summed E-state index contributed by atoms with van der Waals surface area (Å²) < 4.78 is 15.0. The molecule has 4 rings (SSSR count). The van der Waals surface area contributed by atoms with Crippen LogP contribution in [0.4, 0.5) is 15.8 Å². The molecule has 1 spiro atoms. The molecular weight excluding hydrogens is 231 g/mol. The van der Waals surface area contributed by atoms with Gasteiger partial charge >= 0.3 is 0 Å². The summed E-state index contributed by atoms with van der Waals surface area (Å²) >= 11 is 0. The van der Waals surface area contributed by atoms with Crippen LogP contribution in [-0.2, 0) is 0 Å². The van der Waals surface area contributed by atoms with Gasteiger partial charge in [-0.1, -0.05) is 6.42 Å². The van der Waals surface area contributed by atoms with Crippen LogP contribution < -0.4 is 10.6 Å². The topological polar surface area (TPSA) is 46.6 Å². The second-order valence-electron chi connectivity index (χ2n) is 5.64. The number of aromatic nitrogens is 2. The van der Waals surface area contributed by atoms with Crippen LogP contribution >= 0.6 is 0 Å². The molecule has 2 aliphatic rings. The van der Waals surface area contributed by atoms with Crippen molar-refractivity contribution in [3.05, 3.63) is 24.4 Å². The minimum absolute atomic E-state index is 0.363. The van der Waals surface area contributed by atoms with Gasteiger partial charge in [0, 0.05) is 24.7 Å². The van der Waals surface area contributed by atoms with Gasteiger partial charge in [0.15, 0.2) is 5.65 Å². The fourth-order valence-electron chi connectivity index (χ4n) is 3.22. The highest BCUT2D eigenvalue weighted by Crippen LogP contribution is 2.50. The van der Waals surface area contributed by atoms with Crippen molar-refractivity contribution in [3.8, 4) is 0 Å². The average Bonchev–Trinajstić information content (AvgIpc) is 2.56. The van der Waals surface area contributed by atoms with E-state index in [9.17, 15) is 4.39 Å². The van der Waals surface area contributed by atoms with Crippen LogP contribution in [0, 0.1) is 11.4 Å². The number of hydrogen-bond donors (Lipinski definition) is 1. The molecule has 1 saturated carbocycles. The molecule has 18 heavy (non-hydrogen) atoms. The van der Waals surface area contributed by atoms with Gasteiger partial charge in [0.25, 0.3) is 0 Å². The van der Waals surface area contributed by atoms with E-state index in [4.69, 9.17) is 5.73 Å². The van der Waals surface area contributed by atoms with E-state index in [0.29, 0.717) is 16.7 Å². The molecule has 1 saturated heterocycles. The van der Waals surface area contributed by atoms with Crippen molar-refractivity contribution in [1.29, 1.82) is 0 Å². The van der Waals surface area contributed by atoms with E-state index in [1.807, 2.05) is 6.07 Å². The average molecular weight is 246 g/mol. The Kier molecular flexibility index (Phi) is 1.78. The molecule has 0 amide bonds. The van der Waals surface area contributed by atoms with Crippen molar-refractivity contribution >= 4 is 17.0 Å². The monoisotopic (exact) mass is 246 g/mol. The lowest BCUT2D eigenvalue weighted by molar-refractivity contribution is 0.0906. The van der Waals surface area contributed by atoms with Gasteiger partial charge in [0.2, 0.25) is 5.95 Å². The maximum absolute atomic E-state index is 13.5. The van der Waals surface area contributed by atoms with Crippen molar-refractivity contribution in [3.63, 3.8) is 0 Å². The highest BCUT2D eigenvalue weighted by Gasteiger charge is 2.47. The quantitative estimate of drug-likeness (QED) is 0.837. The smallest absolute Gasteiger partial charge is 0.218 e. The van der Waals surface area contributed by atoms with Gasteiger partial charge in [-0.25, -0.2) is 4.98 Å². The summed E-state index contributed by atoms with van der Waals surface area (Å²) in [6.45, 7) is 2.11. The van der Waals surface area contributed by atoms with Crippen molar-refractivity contribution in [1.82, 2.24) is 9.38 Å². The standard InChI is InChI=1S/C13H15FN4/c14-11-5-16-12-10(4-9(15)6-18(11)12)17-7-13(8-17)2-1-3-13/h4-6H,1-3,7-8,15H2. The van der Waals surface area contributed by atoms with E-state index < -0.39 is 0 Å². The highest BCUT2D eigenvalue weighted by molar-refractivity contribution is 5.74. The molecule has 2 aromatic heterocycles. The largest absolute Gasteiger partial charge is 0.397 e. The molecule has 2 N–H and O–H groups in total. The molecule has 2 fully saturated rings. The van der Waals surface area contributed by atoms with Crippen LogP contribution in [0.2, 0.25) is 0 Å². The van der Waals surface area contributed by atoms with Crippen LogP contribution in [-0.4, -0.2) is 22.5 Å². The van der Waals surface area contributed by atoms with Gasteiger partial charge in [0.1, 0.15) is 0 Å². The molecule has 0 atom stereocenters. The summed E-state index contributed by atoms with van der Waals surface area (Å²) in [6, 6.07) is 1.90. The lowest BCUT2D eigenvalue weighted by atomic mass is 9.63. The van der Waals surface area contributed by atoms with E-state index in [1.165, 1.54) is 29.9 Å². The Morgan fingerprint density at radius 3 is 2.78 bits per heavy atom. The Labute approximate surface area is 104 Å². The Morgan fingerprint density at radius 1 is 1.33 bits per heavy atom. The Hall–Kier alpha value is -1.78. The van der Waals surface area contributed by atoms with Crippen LogP contribution in [0.3, 0.4) is 0 Å². The van der Waals surface area contributed by atoms with Crippen molar-refractivity contribution in [2.75, 3.05) is 23.7 Å². The van der Waals surface area contributed by atoms with Crippen LogP contribution in [0.15, 0.2) is 18.5 Å². The lowest BCUT2D eigenvalue weighted by Gasteiger charge is -2.56. The maximum Gasteiger partial charge on any atom is 0.218 e. The molecular formula is C13H15FN4. The normalized spacial score (nSPS) is 21.1. The Balaban J connectivity index is 1.76. The third-order valence-electron chi connectivity index (χ3n) is 4.37. The molecule has 3 heterocycles. The number of fused-ring (bicyclic) bond motifs is 1. The molecule has 0 aromatic carbocycles. The second-order valence-corrected chi connectivity index (χ2v) is 5.64. The number of nitrogens with zero attached hydrogens (tertiary/aromatic N) is 3. The Bertz CT molecular complexity index is 621. The molecule has 2 aromatic rings. The second kappa shape index (κ2) is 3.16. The third-order valence-corrected chi connectivity index (χ3v) is 4.37. The molecule has 0 bridgehead atoms. The number of nitrogens with two attached hydrogens (primary N) is 1. The summed E-state index contributed by atoms with van der Waals surface area (Å²) in [5, 5.41) is 0. The van der Waals surface area contributed by atoms with E-state index in [1.54, 1.807) is 6.20 Å². The predicted molar refractivity (Wildman–Crippen MR) is 68.1 cm³/mol. The third kappa shape index (κ3) is 1.22. The van der Waals surface area contributed by atoms with Crippen molar-refractivity contribution < 1.29 is 4.39 Å². The first-order valence-corrected chi connectivity index (χ1v) is 6.34. The molecule has 94 valence electrons. The number of rotatable bonds is 1. The summed E-state index contributed by atoms with van der Waals surface area (Å²) in [6.07, 6.45) is 6.82. The van der Waals surface area contributed by atoms with Crippen molar-refractivity contribution in [2.45, 2.75) is 19.3 Å². The molecule has 0 unspecified atom stereocenters. The van der Waals surface area contributed by atoms with Gasteiger partial charge in [-0.3, -0.25) is 4.40 Å². The van der Waals surface area contributed by atoms with Crippen LogP contribution in [0.25, 0.3) is 5.65 Å². The predicted octanol–water partition coefficient (Wildman–Crippen LogP) is 2.05. The maximum atomic E-state index is 13.5. The zero-order valence-electron chi connectivity index (χ0n) is 10.1. The number of hydrogen-bond acceptors (Lipinski definition) is 3. The molecule has 1 aliphatic carbocycles. The zero-order chi connectivity index (χ0) is 12.3.